The van der Waals surface area contributed by atoms with E-state index in [1.165, 1.54) is 0 Å². The van der Waals surface area contributed by atoms with Crippen LogP contribution in [0.15, 0.2) is 36.0 Å². The molecule has 2 N–H and O–H groups in total. The lowest BCUT2D eigenvalue weighted by Crippen LogP contribution is -2.33. The van der Waals surface area contributed by atoms with Crippen molar-refractivity contribution >= 4 is 23.4 Å². The van der Waals surface area contributed by atoms with Crippen LogP contribution < -0.4 is 5.32 Å². The number of hydrogen-bond acceptors (Lipinski definition) is 5. The smallest absolute Gasteiger partial charge is 0.355 e. The molecular weight excluding hydrogens is 456 g/mol. The third-order valence-corrected chi connectivity index (χ3v) is 7.25. The van der Waals surface area contributed by atoms with E-state index < -0.39 is 28.4 Å². The largest absolute Gasteiger partial charge is 0.457 e. The summed E-state index contributed by atoms with van der Waals surface area (Å²) < 4.78 is 11.4. The number of rotatable bonds is 6. The van der Waals surface area contributed by atoms with Gasteiger partial charge in [0.25, 0.3) is 0 Å². The summed E-state index contributed by atoms with van der Waals surface area (Å²) in [4.78, 5) is 42.9. The number of ether oxygens (including phenoxy) is 2. The van der Waals surface area contributed by atoms with Crippen LogP contribution in [0.3, 0.4) is 0 Å². The number of aromatic nitrogens is 1. The van der Waals surface area contributed by atoms with Gasteiger partial charge in [-0.25, -0.2) is 9.59 Å². The number of benzene rings is 1. The molecule has 0 bridgehead atoms. The molecule has 194 valence electrons. The van der Waals surface area contributed by atoms with Gasteiger partial charge in [0.1, 0.15) is 23.5 Å². The number of amides is 1. The van der Waals surface area contributed by atoms with Crippen LogP contribution >= 0.6 is 0 Å². The quantitative estimate of drug-likeness (QED) is 0.410. The average Bonchev–Trinajstić information content (AvgIpc) is 3.19. The van der Waals surface area contributed by atoms with Crippen LogP contribution in [0.2, 0.25) is 0 Å². The molecule has 7 nitrogen and oxygen atoms in total. The van der Waals surface area contributed by atoms with E-state index in [1.807, 2.05) is 71.9 Å². The molecule has 1 aliphatic rings. The van der Waals surface area contributed by atoms with Gasteiger partial charge in [-0.15, -0.1) is 0 Å². The summed E-state index contributed by atoms with van der Waals surface area (Å²) in [6.07, 6.45) is 0.557. The molecule has 0 unspecified atom stereocenters. The molecule has 7 heteroatoms. The fourth-order valence-corrected chi connectivity index (χ4v) is 4.34. The van der Waals surface area contributed by atoms with Crippen LogP contribution in [0.1, 0.15) is 88.3 Å². The van der Waals surface area contributed by atoms with Crippen molar-refractivity contribution in [3.63, 3.8) is 0 Å². The first-order chi connectivity index (χ1) is 16.6. The van der Waals surface area contributed by atoms with Gasteiger partial charge in [0.2, 0.25) is 5.91 Å². The second-order valence-electron chi connectivity index (χ2n) is 11.3. The van der Waals surface area contributed by atoms with Crippen molar-refractivity contribution < 1.29 is 23.9 Å². The molecule has 2 heterocycles. The molecule has 0 saturated carbocycles. The molecule has 36 heavy (non-hydrogen) atoms. The lowest BCUT2D eigenvalue weighted by atomic mass is 9.68. The molecule has 2 aromatic rings. The number of nitrogens with one attached hydrogen (secondary N) is 2. The van der Waals surface area contributed by atoms with Crippen molar-refractivity contribution in [2.45, 2.75) is 80.9 Å². The molecule has 1 fully saturated rings. The average molecular weight is 495 g/mol. The Bertz CT molecular complexity index is 1210. The summed E-state index contributed by atoms with van der Waals surface area (Å²) in [5.74, 6) is -1.26. The van der Waals surface area contributed by atoms with E-state index in [0.29, 0.717) is 23.4 Å². The molecule has 3 rings (SSSR count). The summed E-state index contributed by atoms with van der Waals surface area (Å²) >= 11 is 0. The van der Waals surface area contributed by atoms with Gasteiger partial charge in [-0.1, -0.05) is 65.0 Å². The Morgan fingerprint density at radius 3 is 2.08 bits per heavy atom. The van der Waals surface area contributed by atoms with Crippen molar-refractivity contribution in [3.05, 3.63) is 64.1 Å². The maximum atomic E-state index is 13.7. The van der Waals surface area contributed by atoms with Gasteiger partial charge in [-0.2, -0.15) is 0 Å². The number of hydrogen-bond donors (Lipinski definition) is 2. The summed E-state index contributed by atoms with van der Waals surface area (Å²) in [5, 5.41) is 2.96. The van der Waals surface area contributed by atoms with E-state index in [2.05, 4.69) is 10.3 Å². The van der Waals surface area contributed by atoms with E-state index >= 15 is 0 Å². The van der Waals surface area contributed by atoms with Crippen molar-refractivity contribution in [2.75, 3.05) is 0 Å². The van der Waals surface area contributed by atoms with Gasteiger partial charge in [0, 0.05) is 11.1 Å². The summed E-state index contributed by atoms with van der Waals surface area (Å²) in [6.45, 7) is 16.9. The predicted octanol–water partition coefficient (Wildman–Crippen LogP) is 5.48. The highest BCUT2D eigenvalue weighted by atomic mass is 16.6. The van der Waals surface area contributed by atoms with Crippen LogP contribution in [-0.2, 0) is 32.1 Å². The number of aromatic amines is 1. The third-order valence-electron chi connectivity index (χ3n) is 7.25. The Hall–Kier alpha value is -3.35. The molecule has 1 saturated heterocycles. The standard InChI is InChI=1S/C29H38N2O5/c1-10-19-17(2)21(25(33)36-27(3,4)5)30-22(19)20(23-28(6,7)29(8,9)26(34)31-23)24(32)35-16-18-14-12-11-13-15-18/h11-15,30H,10,16H2,1-9H3,(H,31,34)/b23-20-. The lowest BCUT2D eigenvalue weighted by Gasteiger charge is -2.32. The summed E-state index contributed by atoms with van der Waals surface area (Å²) in [6, 6.07) is 9.40. The zero-order valence-electron chi connectivity index (χ0n) is 22.8. The first-order valence-corrected chi connectivity index (χ1v) is 12.3. The maximum absolute atomic E-state index is 13.7. The first kappa shape index (κ1) is 27.2. The van der Waals surface area contributed by atoms with Gasteiger partial charge >= 0.3 is 11.9 Å². The minimum absolute atomic E-state index is 0.0777. The Kier molecular flexibility index (Phi) is 7.26. The highest BCUT2D eigenvalue weighted by Gasteiger charge is 2.54. The van der Waals surface area contributed by atoms with E-state index in [1.54, 1.807) is 20.8 Å². The zero-order valence-corrected chi connectivity index (χ0v) is 22.8. The van der Waals surface area contributed by atoms with Gasteiger partial charge < -0.3 is 19.8 Å². The Morgan fingerprint density at radius 1 is 0.972 bits per heavy atom. The Labute approximate surface area is 213 Å². The van der Waals surface area contributed by atoms with Crippen LogP contribution in [0.4, 0.5) is 0 Å². The molecule has 0 atom stereocenters. The van der Waals surface area contributed by atoms with Crippen molar-refractivity contribution in [1.82, 2.24) is 10.3 Å². The fraction of sp³-hybridized carbons (Fsp3) is 0.483. The van der Waals surface area contributed by atoms with E-state index in [4.69, 9.17) is 9.47 Å². The first-order valence-electron chi connectivity index (χ1n) is 12.3. The highest BCUT2D eigenvalue weighted by molar-refractivity contribution is 6.19. The number of H-pyrrole nitrogens is 1. The Morgan fingerprint density at radius 2 is 1.58 bits per heavy atom. The molecular formula is C29H38N2O5. The van der Waals surface area contributed by atoms with Gasteiger partial charge in [-0.3, -0.25) is 4.79 Å². The van der Waals surface area contributed by atoms with Crippen molar-refractivity contribution in [3.8, 4) is 0 Å². The summed E-state index contributed by atoms with van der Waals surface area (Å²) in [7, 11) is 0. The zero-order chi connectivity index (χ0) is 27.1. The minimum atomic E-state index is -0.769. The normalized spacial score (nSPS) is 18.0. The van der Waals surface area contributed by atoms with Crippen LogP contribution in [-0.4, -0.2) is 28.4 Å². The Balaban J connectivity index is 2.19. The second-order valence-corrected chi connectivity index (χ2v) is 11.3. The highest BCUT2D eigenvalue weighted by Crippen LogP contribution is 2.51. The van der Waals surface area contributed by atoms with Gasteiger partial charge in [0.05, 0.1) is 11.1 Å². The van der Waals surface area contributed by atoms with Crippen LogP contribution in [0.5, 0.6) is 0 Å². The molecule has 1 amide bonds. The van der Waals surface area contributed by atoms with Crippen molar-refractivity contribution in [2.24, 2.45) is 10.8 Å². The van der Waals surface area contributed by atoms with Crippen molar-refractivity contribution in [1.29, 1.82) is 0 Å². The molecule has 0 aliphatic carbocycles. The molecule has 0 radical (unpaired) electrons. The number of allylic oxidation sites excluding steroid dienone is 1. The van der Waals surface area contributed by atoms with E-state index in [0.717, 1.165) is 11.1 Å². The molecule has 1 aliphatic heterocycles. The van der Waals surface area contributed by atoms with Crippen LogP contribution in [0, 0.1) is 17.8 Å². The molecule has 0 spiro atoms. The lowest BCUT2D eigenvalue weighted by molar-refractivity contribution is -0.138. The maximum Gasteiger partial charge on any atom is 0.355 e. The molecule has 1 aromatic carbocycles. The fourth-order valence-electron chi connectivity index (χ4n) is 4.34. The van der Waals surface area contributed by atoms with Crippen LogP contribution in [0.25, 0.3) is 5.57 Å². The SMILES string of the molecule is CCc1c(/C(C(=O)OCc2ccccc2)=C2/NC(=O)C(C)(C)C2(C)C)[nH]c(C(=O)OC(C)(C)C)c1C. The monoisotopic (exact) mass is 494 g/mol. The van der Waals surface area contributed by atoms with E-state index in [-0.39, 0.29) is 23.8 Å². The number of carbonyl (C=O) groups is 3. The summed E-state index contributed by atoms with van der Waals surface area (Å²) in [5.41, 5.74) is 1.65. The number of carbonyl (C=O) groups excluding carboxylic acids is 3. The molecule has 1 aromatic heterocycles. The minimum Gasteiger partial charge on any atom is -0.457 e. The number of esters is 2. The van der Waals surface area contributed by atoms with E-state index in [9.17, 15) is 14.4 Å². The topological polar surface area (TPSA) is 97.5 Å². The predicted molar refractivity (Wildman–Crippen MR) is 139 cm³/mol. The van der Waals surface area contributed by atoms with Gasteiger partial charge in [-0.05, 0) is 50.8 Å². The van der Waals surface area contributed by atoms with Gasteiger partial charge in [0.15, 0.2) is 0 Å². The third kappa shape index (κ3) is 4.97. The second kappa shape index (κ2) is 9.60.